The van der Waals surface area contributed by atoms with Crippen molar-refractivity contribution in [2.75, 3.05) is 6.61 Å². The van der Waals surface area contributed by atoms with Crippen LogP contribution in [0.4, 0.5) is 4.39 Å². The second-order valence-corrected chi connectivity index (χ2v) is 9.28. The molecular weight excluding hydrogens is 479 g/mol. The Hall–Kier alpha value is -3.38. The van der Waals surface area contributed by atoms with Crippen molar-refractivity contribution in [3.8, 4) is 5.75 Å². The van der Waals surface area contributed by atoms with E-state index < -0.39 is 6.04 Å². The van der Waals surface area contributed by atoms with Gasteiger partial charge in [-0.25, -0.2) is 4.39 Å². The lowest BCUT2D eigenvalue weighted by Gasteiger charge is -2.32. The van der Waals surface area contributed by atoms with Gasteiger partial charge >= 0.3 is 0 Å². The van der Waals surface area contributed by atoms with Crippen LogP contribution in [0, 0.1) is 12.7 Å². The van der Waals surface area contributed by atoms with Gasteiger partial charge in [-0.05, 0) is 67.3 Å². The van der Waals surface area contributed by atoms with Crippen LogP contribution in [0.15, 0.2) is 72.8 Å². The number of ether oxygens (including phenoxy) is 1. The van der Waals surface area contributed by atoms with E-state index in [4.69, 9.17) is 16.3 Å². The molecule has 0 aliphatic heterocycles. The number of benzene rings is 3. The van der Waals surface area contributed by atoms with Crippen molar-refractivity contribution in [1.82, 2.24) is 10.2 Å². The summed E-state index contributed by atoms with van der Waals surface area (Å²) in [5, 5.41) is 3.63. The van der Waals surface area contributed by atoms with Crippen molar-refractivity contribution in [3.05, 3.63) is 100 Å². The molecule has 0 heterocycles. The molecule has 36 heavy (non-hydrogen) atoms. The smallest absolute Gasteiger partial charge is 0.261 e. The Morgan fingerprint density at radius 1 is 1.03 bits per heavy atom. The molecule has 3 aromatic carbocycles. The van der Waals surface area contributed by atoms with E-state index in [0.29, 0.717) is 22.8 Å². The fourth-order valence-electron chi connectivity index (χ4n) is 3.72. The van der Waals surface area contributed by atoms with Crippen molar-refractivity contribution in [3.63, 3.8) is 0 Å². The average Bonchev–Trinajstić information content (AvgIpc) is 2.88. The van der Waals surface area contributed by atoms with Gasteiger partial charge in [-0.3, -0.25) is 9.59 Å². The summed E-state index contributed by atoms with van der Waals surface area (Å²) in [7, 11) is 0. The number of aryl methyl sites for hydroxylation is 1. The van der Waals surface area contributed by atoms with E-state index in [1.54, 1.807) is 30.3 Å². The zero-order chi connectivity index (χ0) is 26.1. The maximum absolute atomic E-state index is 13.6. The fraction of sp³-hybridized carbons (Fsp3) is 0.310. The summed E-state index contributed by atoms with van der Waals surface area (Å²) < 4.78 is 19.3. The lowest BCUT2D eigenvalue weighted by molar-refractivity contribution is -0.143. The van der Waals surface area contributed by atoms with E-state index in [1.807, 2.05) is 51.1 Å². The zero-order valence-electron chi connectivity index (χ0n) is 20.8. The molecule has 7 heteroatoms. The third-order valence-electron chi connectivity index (χ3n) is 6.03. The predicted octanol–water partition coefficient (Wildman–Crippen LogP) is 5.72. The Labute approximate surface area is 217 Å². The lowest BCUT2D eigenvalue weighted by atomic mass is 10.0. The van der Waals surface area contributed by atoms with Gasteiger partial charge in [0.1, 0.15) is 17.6 Å². The number of carbonyl (C=O) groups is 2. The van der Waals surface area contributed by atoms with Crippen LogP contribution < -0.4 is 10.1 Å². The van der Waals surface area contributed by atoms with Crippen LogP contribution in [0.3, 0.4) is 0 Å². The molecule has 5 nitrogen and oxygen atoms in total. The van der Waals surface area contributed by atoms with Gasteiger partial charge in [-0.15, -0.1) is 0 Å². The summed E-state index contributed by atoms with van der Waals surface area (Å²) in [6, 6.07) is 19.8. The Morgan fingerprint density at radius 2 is 1.72 bits per heavy atom. The van der Waals surface area contributed by atoms with Crippen LogP contribution in [0.25, 0.3) is 0 Å². The Morgan fingerprint density at radius 3 is 2.36 bits per heavy atom. The van der Waals surface area contributed by atoms with Gasteiger partial charge in [0.25, 0.3) is 5.91 Å². The molecule has 3 rings (SSSR count). The van der Waals surface area contributed by atoms with Gasteiger partial charge in [0.05, 0.1) is 0 Å². The van der Waals surface area contributed by atoms with Gasteiger partial charge in [-0.2, -0.15) is 0 Å². The first-order valence-corrected chi connectivity index (χ1v) is 12.4. The van der Waals surface area contributed by atoms with E-state index in [9.17, 15) is 14.0 Å². The van der Waals surface area contributed by atoms with Crippen molar-refractivity contribution in [2.45, 2.75) is 52.2 Å². The van der Waals surface area contributed by atoms with Crippen molar-refractivity contribution in [2.24, 2.45) is 0 Å². The number of hydrogen-bond acceptors (Lipinski definition) is 3. The first-order valence-electron chi connectivity index (χ1n) is 12.0. The summed E-state index contributed by atoms with van der Waals surface area (Å²) in [6.45, 7) is 5.64. The van der Waals surface area contributed by atoms with Crippen LogP contribution in [-0.4, -0.2) is 35.4 Å². The predicted molar refractivity (Wildman–Crippen MR) is 140 cm³/mol. The molecule has 0 saturated heterocycles. The standard InChI is InChI=1S/C29H32ClFN2O3/c1-4-21(3)32-29(35)27(17-22-8-6-5-7-9-22)33(18-23-10-12-24(31)13-11-23)28(34)19-36-25-14-15-26(30)20(2)16-25/h5-16,21,27H,4,17-19H2,1-3H3,(H,32,35)/t21-,27-/m0/s1. The molecule has 0 spiro atoms. The third-order valence-corrected chi connectivity index (χ3v) is 6.45. The quantitative estimate of drug-likeness (QED) is 0.359. The number of carbonyl (C=O) groups excluding carboxylic acids is 2. The largest absolute Gasteiger partial charge is 0.484 e. The lowest BCUT2D eigenvalue weighted by Crippen LogP contribution is -2.53. The van der Waals surface area contributed by atoms with Crippen LogP contribution in [0.1, 0.15) is 37.0 Å². The minimum Gasteiger partial charge on any atom is -0.484 e. The Kier molecular flexibility index (Phi) is 9.88. The maximum atomic E-state index is 13.6. The minimum absolute atomic E-state index is 0.0492. The van der Waals surface area contributed by atoms with Crippen LogP contribution in [0.5, 0.6) is 5.75 Å². The number of halogens is 2. The molecule has 0 unspecified atom stereocenters. The Bertz CT molecular complexity index is 1150. The zero-order valence-corrected chi connectivity index (χ0v) is 21.6. The van der Waals surface area contributed by atoms with E-state index in [0.717, 1.165) is 17.5 Å². The normalized spacial score (nSPS) is 12.5. The minimum atomic E-state index is -0.783. The fourth-order valence-corrected chi connectivity index (χ4v) is 3.83. The van der Waals surface area contributed by atoms with Gasteiger partial charge in [-0.1, -0.05) is 61.0 Å². The van der Waals surface area contributed by atoms with Crippen LogP contribution >= 0.6 is 11.6 Å². The molecule has 0 saturated carbocycles. The van der Waals surface area contributed by atoms with E-state index in [-0.39, 0.29) is 36.8 Å². The summed E-state index contributed by atoms with van der Waals surface area (Å²) in [5.41, 5.74) is 2.47. The van der Waals surface area contributed by atoms with Crippen LogP contribution in [-0.2, 0) is 22.6 Å². The molecule has 0 radical (unpaired) electrons. The van der Waals surface area contributed by atoms with E-state index >= 15 is 0 Å². The molecule has 0 aromatic heterocycles. The molecule has 2 amide bonds. The van der Waals surface area contributed by atoms with Gasteiger partial charge < -0.3 is 15.0 Å². The van der Waals surface area contributed by atoms with Crippen molar-refractivity contribution in [1.29, 1.82) is 0 Å². The first-order chi connectivity index (χ1) is 17.3. The van der Waals surface area contributed by atoms with Crippen molar-refractivity contribution >= 4 is 23.4 Å². The summed E-state index contributed by atoms with van der Waals surface area (Å²) >= 11 is 6.10. The molecule has 3 aromatic rings. The summed E-state index contributed by atoms with van der Waals surface area (Å²) in [5.74, 6) is -0.456. The second-order valence-electron chi connectivity index (χ2n) is 8.87. The number of amides is 2. The molecule has 2 atom stereocenters. The molecule has 0 fully saturated rings. The molecule has 190 valence electrons. The second kappa shape index (κ2) is 13.1. The SMILES string of the molecule is CC[C@H](C)NC(=O)[C@H](Cc1ccccc1)N(Cc1ccc(F)cc1)C(=O)COc1ccc(Cl)c(C)c1. The first kappa shape index (κ1) is 27.2. The highest BCUT2D eigenvalue weighted by Crippen LogP contribution is 2.22. The Balaban J connectivity index is 1.90. The van der Waals surface area contributed by atoms with E-state index in [1.165, 1.54) is 17.0 Å². The average molecular weight is 511 g/mol. The topological polar surface area (TPSA) is 58.6 Å². The number of hydrogen-bond donors (Lipinski definition) is 1. The molecule has 0 aliphatic rings. The van der Waals surface area contributed by atoms with Gasteiger partial charge in [0.2, 0.25) is 5.91 Å². The summed E-state index contributed by atoms with van der Waals surface area (Å²) in [6.07, 6.45) is 1.09. The van der Waals surface area contributed by atoms with Crippen LogP contribution in [0.2, 0.25) is 5.02 Å². The van der Waals surface area contributed by atoms with Crippen molar-refractivity contribution < 1.29 is 18.7 Å². The highest BCUT2D eigenvalue weighted by molar-refractivity contribution is 6.31. The third kappa shape index (κ3) is 7.82. The molecule has 1 N–H and O–H groups in total. The highest BCUT2D eigenvalue weighted by Gasteiger charge is 2.31. The maximum Gasteiger partial charge on any atom is 0.261 e. The number of rotatable bonds is 11. The number of nitrogens with zero attached hydrogens (tertiary/aromatic N) is 1. The summed E-state index contributed by atoms with van der Waals surface area (Å²) in [4.78, 5) is 28.5. The number of nitrogens with one attached hydrogen (secondary N) is 1. The molecule has 0 bridgehead atoms. The van der Waals surface area contributed by atoms with E-state index in [2.05, 4.69) is 5.32 Å². The van der Waals surface area contributed by atoms with Gasteiger partial charge in [0.15, 0.2) is 6.61 Å². The molecular formula is C29H32ClFN2O3. The monoisotopic (exact) mass is 510 g/mol. The molecule has 0 aliphatic carbocycles. The van der Waals surface area contributed by atoms with Gasteiger partial charge in [0, 0.05) is 24.0 Å². The highest BCUT2D eigenvalue weighted by atomic mass is 35.5.